The number of nitrogens with one attached hydrogen (secondary N) is 1. The van der Waals surface area contributed by atoms with E-state index in [9.17, 15) is 0 Å². The van der Waals surface area contributed by atoms with Gasteiger partial charge in [-0.2, -0.15) is 0 Å². The predicted octanol–water partition coefficient (Wildman–Crippen LogP) is 6.97. The van der Waals surface area contributed by atoms with Gasteiger partial charge in [-0.15, -0.1) is 18.3 Å². The highest BCUT2D eigenvalue weighted by atomic mass is 35.5. The molecule has 3 rings (SSSR count). The molecule has 0 aliphatic heterocycles. The Morgan fingerprint density at radius 1 is 0.929 bits per heavy atom. The van der Waals surface area contributed by atoms with Crippen LogP contribution in [0.4, 0.5) is 5.82 Å². The molecule has 0 saturated carbocycles. The molecule has 1 heterocycles. The van der Waals surface area contributed by atoms with Gasteiger partial charge in [-0.05, 0) is 29.8 Å². The zero-order valence-corrected chi connectivity index (χ0v) is 18.2. The van der Waals surface area contributed by atoms with Gasteiger partial charge in [0, 0.05) is 29.0 Å². The van der Waals surface area contributed by atoms with E-state index in [1.807, 2.05) is 48.5 Å². The first-order valence-electron chi connectivity index (χ1n) is 8.61. The monoisotopic (exact) mass is 447 g/mol. The van der Waals surface area contributed by atoms with Crippen LogP contribution in [0.1, 0.15) is 11.3 Å². The fourth-order valence-electron chi connectivity index (χ4n) is 2.33. The van der Waals surface area contributed by atoms with Crippen LogP contribution in [0.25, 0.3) is 0 Å². The van der Waals surface area contributed by atoms with E-state index in [0.29, 0.717) is 22.3 Å². The molecule has 1 N–H and O–H groups in total. The van der Waals surface area contributed by atoms with Gasteiger partial charge in [0.05, 0.1) is 15.7 Å². The molecule has 0 radical (unpaired) electrons. The molecule has 3 aromatic rings. The van der Waals surface area contributed by atoms with E-state index < -0.39 is 0 Å². The largest absolute Gasteiger partial charge is 0.366 e. The molecule has 0 aliphatic carbocycles. The second-order valence-corrected chi connectivity index (χ2v) is 8.64. The van der Waals surface area contributed by atoms with Crippen molar-refractivity contribution in [3.05, 3.63) is 88.6 Å². The van der Waals surface area contributed by atoms with Gasteiger partial charge in [0.15, 0.2) is 5.16 Å². The second kappa shape index (κ2) is 10.8. The Kier molecular flexibility index (Phi) is 8.10. The lowest BCUT2D eigenvalue weighted by atomic mass is 10.2. The van der Waals surface area contributed by atoms with Gasteiger partial charge in [-0.3, -0.25) is 0 Å². The Hall–Kier alpha value is -1.66. The van der Waals surface area contributed by atoms with Crippen LogP contribution < -0.4 is 5.32 Å². The molecule has 28 heavy (non-hydrogen) atoms. The lowest BCUT2D eigenvalue weighted by Crippen LogP contribution is -2.04. The number of nitrogens with zero attached hydrogens (tertiary/aromatic N) is 2. The molecule has 0 atom stereocenters. The van der Waals surface area contributed by atoms with Crippen LogP contribution in [0, 0.1) is 0 Å². The Morgan fingerprint density at radius 3 is 2.50 bits per heavy atom. The van der Waals surface area contributed by atoms with E-state index in [-0.39, 0.29) is 0 Å². The van der Waals surface area contributed by atoms with Crippen LogP contribution in [-0.2, 0) is 11.5 Å². The number of hydrogen-bond acceptors (Lipinski definition) is 5. The van der Waals surface area contributed by atoms with E-state index in [4.69, 9.17) is 28.2 Å². The third-order valence-corrected chi connectivity index (χ3v) is 6.37. The molecule has 2 aromatic carbocycles. The quantitative estimate of drug-likeness (QED) is 0.217. The molecule has 0 bridgehead atoms. The minimum atomic E-state index is 0.557. The molecule has 0 saturated heterocycles. The predicted molar refractivity (Wildman–Crippen MR) is 123 cm³/mol. The first kappa shape index (κ1) is 21.1. The molecule has 0 spiro atoms. The van der Waals surface area contributed by atoms with Gasteiger partial charge < -0.3 is 5.32 Å². The molecule has 7 heteroatoms. The Bertz CT molecular complexity index is 936. The first-order valence-corrected chi connectivity index (χ1v) is 11.3. The summed E-state index contributed by atoms with van der Waals surface area (Å²) in [7, 11) is 0. The molecule has 0 aliphatic rings. The van der Waals surface area contributed by atoms with Crippen molar-refractivity contribution >= 4 is 52.5 Å². The summed E-state index contributed by atoms with van der Waals surface area (Å²) >= 11 is 15.4. The summed E-state index contributed by atoms with van der Waals surface area (Å²) in [4.78, 5) is 10.5. The van der Waals surface area contributed by atoms with Gasteiger partial charge in [0.2, 0.25) is 0 Å². The second-order valence-electron chi connectivity index (χ2n) is 5.84. The van der Waals surface area contributed by atoms with Crippen molar-refractivity contribution < 1.29 is 0 Å². The van der Waals surface area contributed by atoms with Gasteiger partial charge in [-0.25, -0.2) is 9.97 Å². The van der Waals surface area contributed by atoms with E-state index in [0.717, 1.165) is 28.0 Å². The lowest BCUT2D eigenvalue weighted by molar-refractivity contribution is 0.925. The van der Waals surface area contributed by atoms with E-state index in [1.165, 1.54) is 4.90 Å². The van der Waals surface area contributed by atoms with Crippen molar-refractivity contribution in [1.29, 1.82) is 0 Å². The lowest BCUT2D eigenvalue weighted by Gasteiger charge is -2.09. The molecule has 0 amide bonds. The number of halogens is 2. The average Bonchev–Trinajstić information content (AvgIpc) is 2.72. The van der Waals surface area contributed by atoms with Crippen LogP contribution in [0.15, 0.2) is 77.3 Å². The smallest absolute Gasteiger partial charge is 0.190 e. The summed E-state index contributed by atoms with van der Waals surface area (Å²) in [5.74, 6) is 2.29. The van der Waals surface area contributed by atoms with Crippen molar-refractivity contribution in [2.45, 2.75) is 21.6 Å². The number of hydrogen-bond donors (Lipinski definition) is 1. The number of rotatable bonds is 9. The minimum Gasteiger partial charge on any atom is -0.366 e. The molecule has 144 valence electrons. The Morgan fingerprint density at radius 2 is 1.75 bits per heavy atom. The summed E-state index contributed by atoms with van der Waals surface area (Å²) < 4.78 is 0. The van der Waals surface area contributed by atoms with Gasteiger partial charge in [0.25, 0.3) is 0 Å². The molecule has 0 fully saturated rings. The van der Waals surface area contributed by atoms with Crippen molar-refractivity contribution in [3.63, 3.8) is 0 Å². The van der Waals surface area contributed by atoms with Gasteiger partial charge >= 0.3 is 0 Å². The van der Waals surface area contributed by atoms with Crippen molar-refractivity contribution in [2.75, 3.05) is 11.9 Å². The van der Waals surface area contributed by atoms with E-state index in [1.54, 1.807) is 23.5 Å². The average molecular weight is 448 g/mol. The first-order chi connectivity index (χ1) is 13.6. The third-order valence-electron chi connectivity index (χ3n) is 3.67. The topological polar surface area (TPSA) is 37.8 Å². The highest BCUT2D eigenvalue weighted by molar-refractivity contribution is 7.98. The van der Waals surface area contributed by atoms with Crippen molar-refractivity contribution in [2.24, 2.45) is 0 Å². The van der Waals surface area contributed by atoms with E-state index in [2.05, 4.69) is 29.0 Å². The zero-order valence-electron chi connectivity index (χ0n) is 15.1. The van der Waals surface area contributed by atoms with Gasteiger partial charge in [0.1, 0.15) is 5.82 Å². The molecule has 3 nitrogen and oxygen atoms in total. The fourth-order valence-corrected chi connectivity index (χ4v) is 4.28. The van der Waals surface area contributed by atoms with Crippen LogP contribution in [0.2, 0.25) is 10.0 Å². The maximum atomic E-state index is 6.11. The van der Waals surface area contributed by atoms with Crippen LogP contribution >= 0.6 is 46.7 Å². The molecular weight excluding hydrogens is 429 g/mol. The highest BCUT2D eigenvalue weighted by Crippen LogP contribution is 2.28. The number of anilines is 1. The number of aromatic nitrogens is 2. The minimum absolute atomic E-state index is 0.557. The number of thioether (sulfide) groups is 2. The number of benzene rings is 2. The fraction of sp³-hybridized carbons (Fsp3) is 0.143. The van der Waals surface area contributed by atoms with Crippen molar-refractivity contribution in [3.8, 4) is 0 Å². The highest BCUT2D eigenvalue weighted by Gasteiger charge is 2.08. The van der Waals surface area contributed by atoms with Crippen LogP contribution in [-0.4, -0.2) is 16.5 Å². The summed E-state index contributed by atoms with van der Waals surface area (Å²) in [6.07, 6.45) is 1.81. The van der Waals surface area contributed by atoms with Crippen LogP contribution in [0.3, 0.4) is 0 Å². The Balaban J connectivity index is 1.72. The molecular formula is C21H19Cl2N3S2. The third kappa shape index (κ3) is 6.45. The SMILES string of the molecule is C=CCNc1cc(CSc2ccccc2)nc(SCc2ccc(Cl)c(Cl)c2)n1. The summed E-state index contributed by atoms with van der Waals surface area (Å²) in [6, 6.07) is 17.9. The summed E-state index contributed by atoms with van der Waals surface area (Å²) in [5.41, 5.74) is 2.06. The molecule has 0 unspecified atom stereocenters. The normalized spacial score (nSPS) is 10.6. The zero-order chi connectivity index (χ0) is 19.8. The van der Waals surface area contributed by atoms with E-state index >= 15 is 0 Å². The van der Waals surface area contributed by atoms with Crippen molar-refractivity contribution in [1.82, 2.24) is 9.97 Å². The summed E-state index contributed by atoms with van der Waals surface area (Å²) in [5, 5.41) is 5.10. The Labute approximate surface area is 184 Å². The molecule has 1 aromatic heterocycles. The standard InChI is InChI=1S/C21H19Cl2N3S2/c1-2-10-24-20-12-16(14-27-17-6-4-3-5-7-17)25-21(26-20)28-13-15-8-9-18(22)19(23)11-15/h2-9,11-12H,1,10,13-14H2,(H,24,25,26). The maximum Gasteiger partial charge on any atom is 0.190 e. The van der Waals surface area contributed by atoms with Crippen LogP contribution in [0.5, 0.6) is 0 Å². The maximum absolute atomic E-state index is 6.11. The summed E-state index contributed by atoms with van der Waals surface area (Å²) in [6.45, 7) is 4.40. The van der Waals surface area contributed by atoms with Gasteiger partial charge in [-0.1, -0.05) is 65.3 Å².